The van der Waals surface area contributed by atoms with Crippen molar-refractivity contribution in [2.45, 2.75) is 91.4 Å². The van der Waals surface area contributed by atoms with E-state index in [1.807, 2.05) is 13.8 Å². The van der Waals surface area contributed by atoms with Crippen LogP contribution in [0.25, 0.3) is 0 Å². The summed E-state index contributed by atoms with van der Waals surface area (Å²) in [5, 5.41) is 6.60. The van der Waals surface area contributed by atoms with Crippen LogP contribution in [0.4, 0.5) is 9.59 Å². The summed E-state index contributed by atoms with van der Waals surface area (Å²) in [6.07, 6.45) is -0.0207. The highest BCUT2D eigenvalue weighted by atomic mass is 16.6. The van der Waals surface area contributed by atoms with Crippen molar-refractivity contribution in [1.29, 1.82) is 0 Å². The lowest BCUT2D eigenvalue weighted by Gasteiger charge is -2.27. The van der Waals surface area contributed by atoms with E-state index in [-0.39, 0.29) is 17.9 Å². The molecule has 0 unspecified atom stereocenters. The topological polar surface area (TPSA) is 119 Å². The Kier molecular flexibility index (Phi) is 7.10. The minimum Gasteiger partial charge on any atom is -0.444 e. The Bertz CT molecular complexity index is 788. The second-order valence-electron chi connectivity index (χ2n) is 9.54. The van der Waals surface area contributed by atoms with E-state index in [9.17, 15) is 9.59 Å². The Balaban J connectivity index is 2.31. The van der Waals surface area contributed by atoms with E-state index in [0.717, 1.165) is 6.42 Å². The van der Waals surface area contributed by atoms with Gasteiger partial charge in [-0.05, 0) is 54.4 Å². The van der Waals surface area contributed by atoms with Gasteiger partial charge in [0.05, 0.1) is 0 Å². The zero-order valence-corrected chi connectivity index (χ0v) is 19.1. The number of rotatable bonds is 2. The van der Waals surface area contributed by atoms with Gasteiger partial charge in [0.2, 0.25) is 11.9 Å². The smallest absolute Gasteiger partial charge is 0.437 e. The molecule has 2 rings (SSSR count). The first kappa shape index (κ1) is 23.6. The van der Waals surface area contributed by atoms with Gasteiger partial charge in [-0.15, -0.1) is 4.99 Å². The third kappa shape index (κ3) is 7.00. The van der Waals surface area contributed by atoms with Crippen molar-refractivity contribution < 1.29 is 23.6 Å². The molecule has 1 aliphatic rings. The maximum Gasteiger partial charge on any atom is 0.437 e. The summed E-state index contributed by atoms with van der Waals surface area (Å²) in [7, 11) is 0. The zero-order chi connectivity index (χ0) is 22.7. The molecule has 10 heteroatoms. The number of hydrogen-bond donors (Lipinski definition) is 1. The van der Waals surface area contributed by atoms with Gasteiger partial charge in [0, 0.05) is 12.5 Å². The molecule has 168 valence electrons. The summed E-state index contributed by atoms with van der Waals surface area (Å²) in [6, 6.07) is -0.318. The quantitative estimate of drug-likeness (QED) is 0.556. The second kappa shape index (κ2) is 9.01. The molecule has 1 aromatic heterocycles. The Morgan fingerprint density at radius 1 is 1.17 bits per heavy atom. The first-order valence-electron chi connectivity index (χ1n) is 10.2. The Morgan fingerprint density at radius 3 is 2.33 bits per heavy atom. The molecular formula is C20H33N5O5. The molecule has 10 nitrogen and oxygen atoms in total. The lowest BCUT2D eigenvalue weighted by Crippen LogP contribution is -2.46. The molecular weight excluding hydrogens is 390 g/mol. The van der Waals surface area contributed by atoms with Crippen molar-refractivity contribution in [2.24, 2.45) is 4.99 Å². The van der Waals surface area contributed by atoms with Crippen LogP contribution in [0.2, 0.25) is 0 Å². The van der Waals surface area contributed by atoms with Crippen molar-refractivity contribution in [3.05, 3.63) is 11.7 Å². The highest BCUT2D eigenvalue weighted by Crippen LogP contribution is 2.31. The molecule has 0 bridgehead atoms. The monoisotopic (exact) mass is 423 g/mol. The van der Waals surface area contributed by atoms with E-state index in [1.165, 1.54) is 0 Å². The van der Waals surface area contributed by atoms with Crippen LogP contribution >= 0.6 is 0 Å². The third-order valence-electron chi connectivity index (χ3n) is 3.99. The standard InChI is InChI=1S/C20H33N5O5/c1-12(2)14-21-15(30-24-14)13-10-9-11-25(13)16(22-17(26)28-19(3,4)5)23-18(27)29-20(6,7)8/h12-13H,9-11H2,1-8H3,(H,22,23,26,27)/t13-/m0/s1. The van der Waals surface area contributed by atoms with Gasteiger partial charge in [0.25, 0.3) is 0 Å². The van der Waals surface area contributed by atoms with Crippen molar-refractivity contribution >= 4 is 18.1 Å². The predicted octanol–water partition coefficient (Wildman–Crippen LogP) is 4.15. The number of ether oxygens (including phenoxy) is 2. The number of carbonyl (C=O) groups excluding carboxylic acids is 2. The van der Waals surface area contributed by atoms with E-state index >= 15 is 0 Å². The Hall–Kier alpha value is -2.65. The molecule has 1 atom stereocenters. The lowest BCUT2D eigenvalue weighted by molar-refractivity contribution is 0.0553. The highest BCUT2D eigenvalue weighted by Gasteiger charge is 2.35. The van der Waals surface area contributed by atoms with Crippen LogP contribution in [0.3, 0.4) is 0 Å². The molecule has 1 saturated heterocycles. The van der Waals surface area contributed by atoms with Gasteiger partial charge in [-0.1, -0.05) is 19.0 Å². The molecule has 2 amide bonds. The minimum atomic E-state index is -0.812. The molecule has 0 aromatic carbocycles. The molecule has 0 spiro atoms. The molecule has 0 saturated carbocycles. The molecule has 30 heavy (non-hydrogen) atoms. The van der Waals surface area contributed by atoms with Gasteiger partial charge in [0.1, 0.15) is 17.2 Å². The van der Waals surface area contributed by atoms with Crippen LogP contribution in [-0.2, 0) is 9.47 Å². The van der Waals surface area contributed by atoms with Crippen molar-refractivity contribution in [1.82, 2.24) is 20.4 Å². The first-order chi connectivity index (χ1) is 13.7. The molecule has 2 heterocycles. The Morgan fingerprint density at radius 2 is 1.80 bits per heavy atom. The largest absolute Gasteiger partial charge is 0.444 e. The number of nitrogens with one attached hydrogen (secondary N) is 1. The minimum absolute atomic E-state index is 0.0327. The van der Waals surface area contributed by atoms with E-state index in [0.29, 0.717) is 24.7 Å². The van der Waals surface area contributed by atoms with Crippen LogP contribution in [0.1, 0.15) is 91.9 Å². The fourth-order valence-electron chi connectivity index (χ4n) is 2.82. The fraction of sp³-hybridized carbons (Fsp3) is 0.750. The van der Waals surface area contributed by atoms with Crippen molar-refractivity contribution in [2.75, 3.05) is 6.54 Å². The SMILES string of the molecule is CC(C)c1noc([C@@H]2CCCN2/C(=N/C(=O)OC(C)(C)C)NC(=O)OC(C)(C)C)n1. The average molecular weight is 424 g/mol. The molecule has 1 fully saturated rings. The van der Waals surface area contributed by atoms with E-state index in [2.05, 4.69) is 20.4 Å². The Labute approximate surface area is 177 Å². The van der Waals surface area contributed by atoms with E-state index in [4.69, 9.17) is 14.0 Å². The number of nitrogens with zero attached hydrogens (tertiary/aromatic N) is 4. The number of aliphatic imine (C=N–C) groups is 1. The third-order valence-corrected chi connectivity index (χ3v) is 3.99. The maximum absolute atomic E-state index is 12.4. The number of hydrogen-bond acceptors (Lipinski definition) is 7. The summed E-state index contributed by atoms with van der Waals surface area (Å²) in [6.45, 7) is 15.0. The van der Waals surface area contributed by atoms with E-state index < -0.39 is 23.4 Å². The first-order valence-corrected chi connectivity index (χ1v) is 10.2. The number of likely N-dealkylation sites (tertiary alicyclic amines) is 1. The molecule has 1 aliphatic heterocycles. The van der Waals surface area contributed by atoms with Gasteiger partial charge in [0.15, 0.2) is 5.82 Å². The number of carbonyl (C=O) groups is 2. The maximum atomic E-state index is 12.4. The summed E-state index contributed by atoms with van der Waals surface area (Å²) < 4.78 is 16.1. The average Bonchev–Trinajstić information content (AvgIpc) is 3.19. The number of alkyl carbamates (subject to hydrolysis) is 1. The van der Waals surface area contributed by atoms with Crippen molar-refractivity contribution in [3.8, 4) is 0 Å². The van der Waals surface area contributed by atoms with Gasteiger partial charge in [-0.25, -0.2) is 9.59 Å². The summed E-state index contributed by atoms with van der Waals surface area (Å²) in [5.74, 6) is 1.17. The predicted molar refractivity (Wildman–Crippen MR) is 110 cm³/mol. The summed E-state index contributed by atoms with van der Waals surface area (Å²) in [4.78, 5) is 35.0. The number of amides is 2. The summed E-state index contributed by atoms with van der Waals surface area (Å²) in [5.41, 5.74) is -1.43. The highest BCUT2D eigenvalue weighted by molar-refractivity contribution is 5.99. The fourth-order valence-corrected chi connectivity index (χ4v) is 2.82. The van der Waals surface area contributed by atoms with Crippen LogP contribution < -0.4 is 5.32 Å². The lowest BCUT2D eigenvalue weighted by atomic mass is 10.2. The van der Waals surface area contributed by atoms with Crippen LogP contribution in [0, 0.1) is 0 Å². The van der Waals surface area contributed by atoms with Gasteiger partial charge in [-0.2, -0.15) is 4.98 Å². The number of aromatic nitrogens is 2. The van der Waals surface area contributed by atoms with Crippen LogP contribution in [-0.4, -0.2) is 50.9 Å². The number of guanidine groups is 1. The molecule has 0 radical (unpaired) electrons. The molecule has 1 aromatic rings. The molecule has 0 aliphatic carbocycles. The van der Waals surface area contributed by atoms with Crippen molar-refractivity contribution in [3.63, 3.8) is 0 Å². The van der Waals surface area contributed by atoms with Gasteiger partial charge < -0.3 is 18.9 Å². The van der Waals surface area contributed by atoms with Crippen LogP contribution in [0.15, 0.2) is 9.52 Å². The summed E-state index contributed by atoms with van der Waals surface area (Å²) >= 11 is 0. The van der Waals surface area contributed by atoms with Crippen LogP contribution in [0.5, 0.6) is 0 Å². The van der Waals surface area contributed by atoms with E-state index in [1.54, 1.807) is 46.4 Å². The zero-order valence-electron chi connectivity index (χ0n) is 19.1. The molecule has 1 N–H and O–H groups in total. The normalized spacial score (nSPS) is 18.0. The van der Waals surface area contributed by atoms with Gasteiger partial charge >= 0.3 is 12.2 Å². The second-order valence-corrected chi connectivity index (χ2v) is 9.54. The van der Waals surface area contributed by atoms with Gasteiger partial charge in [-0.3, -0.25) is 5.32 Å².